The minimum atomic E-state index is 0.0982. The Morgan fingerprint density at radius 3 is 2.63 bits per heavy atom. The fraction of sp³-hybridized carbons (Fsp3) is 0.333. The SMILES string of the molecule is COc1ccc(OC)c(CC(CO)c2cccs2)c1. The molecule has 0 bridgehead atoms. The van der Waals surface area contributed by atoms with E-state index in [1.54, 1.807) is 25.6 Å². The molecule has 1 unspecified atom stereocenters. The number of aliphatic hydroxyl groups excluding tert-OH is 1. The molecule has 102 valence electrons. The maximum atomic E-state index is 9.58. The fourth-order valence-corrected chi connectivity index (χ4v) is 2.91. The van der Waals surface area contributed by atoms with Gasteiger partial charge in [-0.2, -0.15) is 0 Å². The van der Waals surface area contributed by atoms with Crippen LogP contribution in [0.15, 0.2) is 35.7 Å². The van der Waals surface area contributed by atoms with E-state index in [1.165, 1.54) is 4.88 Å². The first kappa shape index (κ1) is 13.9. The summed E-state index contributed by atoms with van der Waals surface area (Å²) in [6.45, 7) is 0.126. The molecule has 0 aliphatic heterocycles. The molecule has 0 aliphatic carbocycles. The van der Waals surface area contributed by atoms with Gasteiger partial charge in [0.25, 0.3) is 0 Å². The normalized spacial score (nSPS) is 12.2. The van der Waals surface area contributed by atoms with E-state index >= 15 is 0 Å². The summed E-state index contributed by atoms with van der Waals surface area (Å²) < 4.78 is 10.6. The lowest BCUT2D eigenvalue weighted by Gasteiger charge is -2.16. The van der Waals surface area contributed by atoms with Gasteiger partial charge in [-0.05, 0) is 41.6 Å². The zero-order chi connectivity index (χ0) is 13.7. The Labute approximate surface area is 117 Å². The summed E-state index contributed by atoms with van der Waals surface area (Å²) in [7, 11) is 3.30. The Kier molecular flexibility index (Phi) is 4.82. The van der Waals surface area contributed by atoms with Crippen molar-refractivity contribution in [2.75, 3.05) is 20.8 Å². The molecule has 0 spiro atoms. The van der Waals surface area contributed by atoms with Gasteiger partial charge in [0.05, 0.1) is 20.8 Å². The lowest BCUT2D eigenvalue weighted by atomic mass is 9.97. The monoisotopic (exact) mass is 278 g/mol. The van der Waals surface area contributed by atoms with Crippen molar-refractivity contribution in [3.63, 3.8) is 0 Å². The molecule has 0 amide bonds. The average molecular weight is 278 g/mol. The summed E-state index contributed by atoms with van der Waals surface area (Å²) in [6, 6.07) is 9.80. The van der Waals surface area contributed by atoms with E-state index in [0.29, 0.717) is 0 Å². The van der Waals surface area contributed by atoms with Gasteiger partial charge in [-0.3, -0.25) is 0 Å². The molecular weight excluding hydrogens is 260 g/mol. The van der Waals surface area contributed by atoms with Crippen molar-refractivity contribution in [3.8, 4) is 11.5 Å². The second-order valence-electron chi connectivity index (χ2n) is 4.28. The van der Waals surface area contributed by atoms with Gasteiger partial charge >= 0.3 is 0 Å². The minimum absolute atomic E-state index is 0.0982. The summed E-state index contributed by atoms with van der Waals surface area (Å²) in [6.07, 6.45) is 0.734. The van der Waals surface area contributed by atoms with Crippen LogP contribution in [0.25, 0.3) is 0 Å². The Morgan fingerprint density at radius 2 is 2.05 bits per heavy atom. The molecule has 0 radical (unpaired) electrons. The maximum absolute atomic E-state index is 9.58. The number of hydrogen-bond donors (Lipinski definition) is 1. The molecule has 3 nitrogen and oxygen atoms in total. The van der Waals surface area contributed by atoms with Crippen LogP contribution in [-0.4, -0.2) is 25.9 Å². The first-order valence-corrected chi connectivity index (χ1v) is 7.01. The van der Waals surface area contributed by atoms with E-state index in [0.717, 1.165) is 23.5 Å². The Bertz CT molecular complexity index is 508. The number of benzene rings is 1. The highest BCUT2D eigenvalue weighted by Gasteiger charge is 2.15. The molecule has 2 aromatic rings. The molecule has 1 aromatic carbocycles. The third-order valence-corrected chi connectivity index (χ3v) is 4.15. The van der Waals surface area contributed by atoms with Crippen molar-refractivity contribution in [2.45, 2.75) is 12.3 Å². The molecule has 0 aliphatic rings. The predicted octanol–water partition coefficient (Wildman–Crippen LogP) is 3.08. The van der Waals surface area contributed by atoms with E-state index in [-0.39, 0.29) is 12.5 Å². The molecule has 1 N–H and O–H groups in total. The van der Waals surface area contributed by atoms with Crippen LogP contribution in [0, 0.1) is 0 Å². The zero-order valence-electron chi connectivity index (χ0n) is 11.1. The lowest BCUT2D eigenvalue weighted by molar-refractivity contribution is 0.265. The number of aliphatic hydroxyl groups is 1. The van der Waals surface area contributed by atoms with Gasteiger partial charge < -0.3 is 14.6 Å². The summed E-state index contributed by atoms with van der Waals surface area (Å²) in [4.78, 5) is 1.19. The van der Waals surface area contributed by atoms with E-state index < -0.39 is 0 Å². The van der Waals surface area contributed by atoms with Crippen molar-refractivity contribution < 1.29 is 14.6 Å². The number of ether oxygens (including phenoxy) is 2. The molecule has 2 rings (SSSR count). The molecule has 1 aromatic heterocycles. The van der Waals surface area contributed by atoms with Gasteiger partial charge in [0, 0.05) is 10.8 Å². The van der Waals surface area contributed by atoms with Crippen LogP contribution < -0.4 is 9.47 Å². The van der Waals surface area contributed by atoms with Gasteiger partial charge in [0.2, 0.25) is 0 Å². The van der Waals surface area contributed by atoms with Crippen LogP contribution in [0.5, 0.6) is 11.5 Å². The van der Waals surface area contributed by atoms with Crippen molar-refractivity contribution in [3.05, 3.63) is 46.2 Å². The standard InChI is InChI=1S/C15H18O3S/c1-17-13-5-6-14(18-2)11(9-13)8-12(10-16)15-4-3-7-19-15/h3-7,9,12,16H,8,10H2,1-2H3. The average Bonchev–Trinajstić information content (AvgIpc) is 2.98. The molecular formula is C15H18O3S. The molecule has 19 heavy (non-hydrogen) atoms. The Hall–Kier alpha value is -1.52. The number of hydrogen-bond acceptors (Lipinski definition) is 4. The lowest BCUT2D eigenvalue weighted by Crippen LogP contribution is -2.07. The third-order valence-electron chi connectivity index (χ3n) is 3.12. The van der Waals surface area contributed by atoms with E-state index in [4.69, 9.17) is 9.47 Å². The summed E-state index contributed by atoms with van der Waals surface area (Å²) in [5.41, 5.74) is 1.05. The van der Waals surface area contributed by atoms with Gasteiger partial charge in [-0.15, -0.1) is 11.3 Å². The highest BCUT2D eigenvalue weighted by Crippen LogP contribution is 2.31. The summed E-state index contributed by atoms with van der Waals surface area (Å²) in [5.74, 6) is 1.73. The smallest absolute Gasteiger partial charge is 0.122 e. The van der Waals surface area contributed by atoms with E-state index in [9.17, 15) is 5.11 Å². The first-order chi connectivity index (χ1) is 9.28. The van der Waals surface area contributed by atoms with Crippen LogP contribution in [0.4, 0.5) is 0 Å². The maximum Gasteiger partial charge on any atom is 0.122 e. The fourth-order valence-electron chi connectivity index (χ4n) is 2.09. The topological polar surface area (TPSA) is 38.7 Å². The number of methoxy groups -OCH3 is 2. The second-order valence-corrected chi connectivity index (χ2v) is 5.26. The van der Waals surface area contributed by atoms with Gasteiger partial charge in [-0.1, -0.05) is 6.07 Å². The minimum Gasteiger partial charge on any atom is -0.497 e. The molecule has 4 heteroatoms. The molecule has 0 saturated carbocycles. The van der Waals surface area contributed by atoms with Crippen molar-refractivity contribution in [2.24, 2.45) is 0 Å². The van der Waals surface area contributed by atoms with Crippen LogP contribution in [-0.2, 0) is 6.42 Å². The number of rotatable bonds is 6. The quantitative estimate of drug-likeness (QED) is 0.882. The Balaban J connectivity index is 2.25. The van der Waals surface area contributed by atoms with Gasteiger partial charge in [0.15, 0.2) is 0 Å². The second kappa shape index (κ2) is 6.59. The summed E-state index contributed by atoms with van der Waals surface area (Å²) >= 11 is 1.67. The largest absolute Gasteiger partial charge is 0.497 e. The first-order valence-electron chi connectivity index (χ1n) is 6.13. The molecule has 0 fully saturated rings. The van der Waals surface area contributed by atoms with Crippen molar-refractivity contribution in [1.29, 1.82) is 0 Å². The molecule has 0 saturated heterocycles. The highest BCUT2D eigenvalue weighted by atomic mass is 32.1. The van der Waals surface area contributed by atoms with E-state index in [2.05, 4.69) is 6.07 Å². The summed E-state index contributed by atoms with van der Waals surface area (Å²) in [5, 5.41) is 11.6. The van der Waals surface area contributed by atoms with Crippen molar-refractivity contribution in [1.82, 2.24) is 0 Å². The highest BCUT2D eigenvalue weighted by molar-refractivity contribution is 7.10. The van der Waals surface area contributed by atoms with Crippen molar-refractivity contribution >= 4 is 11.3 Å². The Morgan fingerprint density at radius 1 is 1.21 bits per heavy atom. The van der Waals surface area contributed by atoms with Crippen LogP contribution in [0.2, 0.25) is 0 Å². The zero-order valence-corrected chi connectivity index (χ0v) is 11.9. The van der Waals surface area contributed by atoms with Crippen LogP contribution in [0.3, 0.4) is 0 Å². The number of thiophene rings is 1. The molecule has 1 heterocycles. The van der Waals surface area contributed by atoms with Gasteiger partial charge in [0.1, 0.15) is 11.5 Å². The predicted molar refractivity (Wildman–Crippen MR) is 77.4 cm³/mol. The van der Waals surface area contributed by atoms with Crippen LogP contribution >= 0.6 is 11.3 Å². The third kappa shape index (κ3) is 3.28. The molecule has 1 atom stereocenters. The van der Waals surface area contributed by atoms with Gasteiger partial charge in [-0.25, -0.2) is 0 Å². The van der Waals surface area contributed by atoms with Crippen LogP contribution in [0.1, 0.15) is 16.4 Å². The van der Waals surface area contributed by atoms with E-state index in [1.807, 2.05) is 29.6 Å².